The van der Waals surface area contributed by atoms with Gasteiger partial charge in [0.05, 0.1) is 12.6 Å². The molecule has 1 amide bonds. The molecule has 0 aliphatic carbocycles. The van der Waals surface area contributed by atoms with Crippen LogP contribution in [-0.2, 0) is 13.1 Å². The van der Waals surface area contributed by atoms with Gasteiger partial charge in [0.1, 0.15) is 6.17 Å². The number of carbonyl (C=O) groups is 1. The second-order valence-corrected chi connectivity index (χ2v) is 6.15. The molecule has 1 N–H and O–H groups in total. The van der Waals surface area contributed by atoms with Crippen molar-refractivity contribution in [3.05, 3.63) is 71.8 Å². The average molecular weight is 328 g/mol. The molecule has 1 saturated heterocycles. The summed E-state index contributed by atoms with van der Waals surface area (Å²) in [6, 6.07) is 19.3. The van der Waals surface area contributed by atoms with Crippen LogP contribution in [0.15, 0.2) is 60.7 Å². The molecule has 1 aliphatic rings. The van der Waals surface area contributed by atoms with Crippen LogP contribution < -0.4 is 0 Å². The standard InChI is InChI=1S/C19H21FN2O2/c20-17-13-22(19(23)24)14-18(17)21(11-15-7-3-1-4-8-15)12-16-9-5-2-6-10-16/h1-10,17-18H,11-14H2,(H,23,24)/t17?,18-/m1/s1. The predicted molar refractivity (Wildman–Crippen MR) is 90.4 cm³/mol. The van der Waals surface area contributed by atoms with Crippen molar-refractivity contribution in [2.45, 2.75) is 25.3 Å². The quantitative estimate of drug-likeness (QED) is 0.915. The smallest absolute Gasteiger partial charge is 0.407 e. The van der Waals surface area contributed by atoms with Gasteiger partial charge < -0.3 is 10.0 Å². The van der Waals surface area contributed by atoms with Crippen LogP contribution in [0.1, 0.15) is 11.1 Å². The van der Waals surface area contributed by atoms with Gasteiger partial charge in [0, 0.05) is 19.6 Å². The number of hydrogen-bond donors (Lipinski definition) is 1. The SMILES string of the molecule is O=C(O)N1CC(F)[C@H](N(Cc2ccccc2)Cc2ccccc2)C1. The Bertz CT molecular complexity index is 624. The molecular formula is C19H21FN2O2. The Morgan fingerprint density at radius 1 is 1.00 bits per heavy atom. The lowest BCUT2D eigenvalue weighted by atomic mass is 10.1. The third kappa shape index (κ3) is 3.92. The van der Waals surface area contributed by atoms with Crippen molar-refractivity contribution >= 4 is 6.09 Å². The van der Waals surface area contributed by atoms with E-state index >= 15 is 0 Å². The molecule has 24 heavy (non-hydrogen) atoms. The minimum Gasteiger partial charge on any atom is -0.465 e. The van der Waals surface area contributed by atoms with Crippen molar-refractivity contribution in [3.63, 3.8) is 0 Å². The lowest BCUT2D eigenvalue weighted by molar-refractivity contribution is 0.126. The summed E-state index contributed by atoms with van der Waals surface area (Å²) in [5.74, 6) is 0. The van der Waals surface area contributed by atoms with E-state index in [0.29, 0.717) is 13.1 Å². The van der Waals surface area contributed by atoms with E-state index in [2.05, 4.69) is 0 Å². The summed E-state index contributed by atoms with van der Waals surface area (Å²) in [6.45, 7) is 1.33. The molecule has 1 heterocycles. The van der Waals surface area contributed by atoms with Crippen molar-refractivity contribution in [3.8, 4) is 0 Å². The number of hydrogen-bond acceptors (Lipinski definition) is 2. The highest BCUT2D eigenvalue weighted by molar-refractivity contribution is 5.65. The van der Waals surface area contributed by atoms with E-state index in [1.807, 2.05) is 65.6 Å². The number of rotatable bonds is 5. The number of alkyl halides is 1. The third-order valence-corrected chi connectivity index (χ3v) is 4.42. The zero-order valence-corrected chi connectivity index (χ0v) is 13.4. The van der Waals surface area contributed by atoms with E-state index in [0.717, 1.165) is 11.1 Å². The normalized spacial score (nSPS) is 20.5. The van der Waals surface area contributed by atoms with Gasteiger partial charge in [-0.25, -0.2) is 9.18 Å². The summed E-state index contributed by atoms with van der Waals surface area (Å²) in [5, 5.41) is 9.15. The third-order valence-electron chi connectivity index (χ3n) is 4.42. The Balaban J connectivity index is 1.80. The second kappa shape index (κ2) is 7.45. The molecule has 0 spiro atoms. The van der Waals surface area contributed by atoms with Crippen LogP contribution in [0.3, 0.4) is 0 Å². The van der Waals surface area contributed by atoms with E-state index < -0.39 is 18.3 Å². The molecule has 5 heteroatoms. The van der Waals surface area contributed by atoms with Crippen LogP contribution >= 0.6 is 0 Å². The lowest BCUT2D eigenvalue weighted by Gasteiger charge is -2.30. The summed E-state index contributed by atoms with van der Waals surface area (Å²) in [7, 11) is 0. The Morgan fingerprint density at radius 3 is 1.92 bits per heavy atom. The van der Waals surface area contributed by atoms with Crippen molar-refractivity contribution < 1.29 is 14.3 Å². The molecule has 1 unspecified atom stereocenters. The molecule has 0 bridgehead atoms. The van der Waals surface area contributed by atoms with Gasteiger partial charge in [-0.05, 0) is 11.1 Å². The first-order chi connectivity index (χ1) is 11.6. The maximum absolute atomic E-state index is 14.5. The minimum atomic E-state index is -1.17. The highest BCUT2D eigenvalue weighted by atomic mass is 19.1. The van der Waals surface area contributed by atoms with E-state index in [-0.39, 0.29) is 13.1 Å². The Morgan fingerprint density at radius 2 is 1.50 bits per heavy atom. The number of nitrogens with zero attached hydrogens (tertiary/aromatic N) is 2. The van der Waals surface area contributed by atoms with Gasteiger partial charge in [0.25, 0.3) is 0 Å². The van der Waals surface area contributed by atoms with Gasteiger partial charge >= 0.3 is 6.09 Å². The minimum absolute atomic E-state index is 0.0555. The average Bonchev–Trinajstić information content (AvgIpc) is 2.98. The first kappa shape index (κ1) is 16.5. The van der Waals surface area contributed by atoms with Gasteiger partial charge in [0.2, 0.25) is 0 Å². The van der Waals surface area contributed by atoms with Crippen LogP contribution in [0.4, 0.5) is 9.18 Å². The highest BCUT2D eigenvalue weighted by Crippen LogP contribution is 2.23. The molecule has 2 atom stereocenters. The zero-order valence-electron chi connectivity index (χ0n) is 13.4. The fourth-order valence-electron chi connectivity index (χ4n) is 3.17. The lowest BCUT2D eigenvalue weighted by Crippen LogP contribution is -2.41. The Labute approximate surface area is 141 Å². The van der Waals surface area contributed by atoms with E-state index in [1.54, 1.807) is 0 Å². The Kier molecular flexibility index (Phi) is 5.11. The molecule has 3 rings (SSSR count). The molecule has 0 radical (unpaired) electrons. The van der Waals surface area contributed by atoms with Gasteiger partial charge in [-0.3, -0.25) is 4.90 Å². The summed E-state index contributed by atoms with van der Waals surface area (Å²) in [5.41, 5.74) is 2.18. The summed E-state index contributed by atoms with van der Waals surface area (Å²) in [6.07, 6.45) is -2.23. The maximum Gasteiger partial charge on any atom is 0.407 e. The molecule has 1 aliphatic heterocycles. The van der Waals surface area contributed by atoms with Gasteiger partial charge in [-0.2, -0.15) is 0 Å². The number of likely N-dealkylation sites (tertiary alicyclic amines) is 1. The predicted octanol–water partition coefficient (Wildman–Crippen LogP) is 3.39. The molecule has 0 saturated carbocycles. The first-order valence-corrected chi connectivity index (χ1v) is 8.07. The molecule has 4 nitrogen and oxygen atoms in total. The van der Waals surface area contributed by atoms with E-state index in [1.165, 1.54) is 4.90 Å². The first-order valence-electron chi connectivity index (χ1n) is 8.07. The van der Waals surface area contributed by atoms with E-state index in [4.69, 9.17) is 5.11 Å². The van der Waals surface area contributed by atoms with Gasteiger partial charge in [-0.15, -0.1) is 0 Å². The van der Waals surface area contributed by atoms with Crippen molar-refractivity contribution in [2.24, 2.45) is 0 Å². The van der Waals surface area contributed by atoms with Crippen LogP contribution in [0.2, 0.25) is 0 Å². The fourth-order valence-corrected chi connectivity index (χ4v) is 3.17. The number of benzene rings is 2. The maximum atomic E-state index is 14.5. The molecule has 0 aromatic heterocycles. The molecule has 1 fully saturated rings. The highest BCUT2D eigenvalue weighted by Gasteiger charge is 2.39. The second-order valence-electron chi connectivity index (χ2n) is 6.15. The molecule has 126 valence electrons. The zero-order chi connectivity index (χ0) is 16.9. The van der Waals surface area contributed by atoms with Crippen LogP contribution in [0.5, 0.6) is 0 Å². The summed E-state index contributed by atoms with van der Waals surface area (Å²) >= 11 is 0. The van der Waals surface area contributed by atoms with Crippen molar-refractivity contribution in [2.75, 3.05) is 13.1 Å². The van der Waals surface area contributed by atoms with E-state index in [9.17, 15) is 9.18 Å². The monoisotopic (exact) mass is 328 g/mol. The van der Waals surface area contributed by atoms with Crippen LogP contribution in [0, 0.1) is 0 Å². The topological polar surface area (TPSA) is 43.8 Å². The molecular weight excluding hydrogens is 307 g/mol. The number of carboxylic acid groups (broad SMARTS) is 1. The molecule has 2 aromatic carbocycles. The number of amides is 1. The summed E-state index contributed by atoms with van der Waals surface area (Å²) < 4.78 is 14.5. The van der Waals surface area contributed by atoms with Gasteiger partial charge in [-0.1, -0.05) is 60.7 Å². The fraction of sp³-hybridized carbons (Fsp3) is 0.316. The molecule has 2 aromatic rings. The van der Waals surface area contributed by atoms with Gasteiger partial charge in [0.15, 0.2) is 0 Å². The van der Waals surface area contributed by atoms with Crippen LogP contribution in [0.25, 0.3) is 0 Å². The Hall–Kier alpha value is -2.40. The van der Waals surface area contributed by atoms with Crippen LogP contribution in [-0.4, -0.2) is 46.3 Å². The van der Waals surface area contributed by atoms with Crippen molar-refractivity contribution in [1.29, 1.82) is 0 Å². The largest absolute Gasteiger partial charge is 0.465 e. The number of halogens is 1. The van der Waals surface area contributed by atoms with Crippen molar-refractivity contribution in [1.82, 2.24) is 9.80 Å². The summed E-state index contributed by atoms with van der Waals surface area (Å²) in [4.78, 5) is 14.4.